The van der Waals surface area contributed by atoms with Crippen molar-refractivity contribution in [1.29, 1.82) is 0 Å². The van der Waals surface area contributed by atoms with Crippen LogP contribution < -0.4 is 34.7 Å². The van der Waals surface area contributed by atoms with Crippen LogP contribution in [0.5, 0.6) is 0 Å². The molecule has 0 atom stereocenters. The molecule has 0 radical (unpaired) electrons. The van der Waals surface area contributed by atoms with Crippen molar-refractivity contribution in [3.8, 4) is 0 Å². The van der Waals surface area contributed by atoms with E-state index in [2.05, 4.69) is 0 Å². The summed E-state index contributed by atoms with van der Waals surface area (Å²) >= 11 is 0. The van der Waals surface area contributed by atoms with Crippen LogP contribution in [0.3, 0.4) is 0 Å². The maximum Gasteiger partial charge on any atom is 1.00 e. The van der Waals surface area contributed by atoms with E-state index in [1.165, 1.54) is 0 Å². The molecule has 0 aromatic heterocycles. The Kier molecular flexibility index (Phi) is 9.89. The van der Waals surface area contributed by atoms with Gasteiger partial charge in [-0.2, -0.15) is 0 Å². The van der Waals surface area contributed by atoms with E-state index in [0.29, 0.717) is 25.7 Å². The molecule has 0 spiro atoms. The third-order valence-electron chi connectivity index (χ3n) is 1.37. The molecular formula is C8H11NaO4. The van der Waals surface area contributed by atoms with E-state index in [1.54, 1.807) is 0 Å². The molecule has 0 unspecified atom stereocenters. The summed E-state index contributed by atoms with van der Waals surface area (Å²) in [5, 5.41) is 8.89. The Hall–Kier alpha value is -0.190. The second-order valence-corrected chi connectivity index (χ2v) is 2.57. The van der Waals surface area contributed by atoms with Gasteiger partial charge < -0.3 is 9.90 Å². The van der Waals surface area contributed by atoms with Crippen LogP contribution in [-0.4, -0.2) is 17.5 Å². The van der Waals surface area contributed by atoms with Crippen molar-refractivity contribution in [2.75, 3.05) is 0 Å². The van der Waals surface area contributed by atoms with Crippen molar-refractivity contribution < 1.29 is 49.0 Å². The van der Waals surface area contributed by atoms with Crippen LogP contribution in [0.4, 0.5) is 0 Å². The summed E-state index contributed by atoms with van der Waals surface area (Å²) in [6.45, 7) is 0.972. The SMILES string of the molecule is CC(=O)[O-].O=C1CCC(=O)CC1.[Na+]. The van der Waals surface area contributed by atoms with E-state index >= 15 is 0 Å². The van der Waals surface area contributed by atoms with Crippen LogP contribution in [0.15, 0.2) is 0 Å². The molecule has 0 aromatic carbocycles. The first-order chi connectivity index (χ1) is 5.52. The first-order valence-corrected chi connectivity index (χ1v) is 3.73. The van der Waals surface area contributed by atoms with Gasteiger partial charge in [0.05, 0.1) is 0 Å². The number of carbonyl (C=O) groups is 3. The summed E-state index contributed by atoms with van der Waals surface area (Å²) in [6.07, 6.45) is 1.94. The van der Waals surface area contributed by atoms with Crippen LogP contribution in [0.2, 0.25) is 0 Å². The molecule has 1 saturated carbocycles. The largest absolute Gasteiger partial charge is 1.00 e. The van der Waals surface area contributed by atoms with Gasteiger partial charge in [-0.25, -0.2) is 0 Å². The van der Waals surface area contributed by atoms with Gasteiger partial charge in [-0.3, -0.25) is 9.59 Å². The normalized spacial score (nSPS) is 15.2. The van der Waals surface area contributed by atoms with Crippen LogP contribution in [0.1, 0.15) is 32.6 Å². The van der Waals surface area contributed by atoms with Crippen molar-refractivity contribution in [3.05, 3.63) is 0 Å². The first-order valence-electron chi connectivity index (χ1n) is 3.73. The minimum atomic E-state index is -1.08. The zero-order valence-electron chi connectivity index (χ0n) is 7.96. The van der Waals surface area contributed by atoms with Crippen molar-refractivity contribution >= 4 is 17.5 Å². The summed E-state index contributed by atoms with van der Waals surface area (Å²) in [6, 6.07) is 0. The molecule has 0 heterocycles. The van der Waals surface area contributed by atoms with E-state index < -0.39 is 5.97 Å². The van der Waals surface area contributed by atoms with Crippen molar-refractivity contribution in [2.24, 2.45) is 0 Å². The molecule has 0 N–H and O–H groups in total. The second kappa shape index (κ2) is 8.41. The van der Waals surface area contributed by atoms with Gasteiger partial charge in [0, 0.05) is 31.7 Å². The Morgan fingerprint density at radius 2 is 1.23 bits per heavy atom. The maximum atomic E-state index is 10.5. The van der Waals surface area contributed by atoms with Crippen molar-refractivity contribution in [1.82, 2.24) is 0 Å². The van der Waals surface area contributed by atoms with Gasteiger partial charge in [-0.05, 0) is 6.92 Å². The fourth-order valence-electron chi connectivity index (χ4n) is 0.808. The number of Topliss-reactive ketones (excluding diaryl/α,β-unsaturated/α-hetero) is 2. The Bertz CT molecular complexity index is 168. The molecule has 1 aliphatic carbocycles. The minimum Gasteiger partial charge on any atom is -0.550 e. The van der Waals surface area contributed by atoms with Crippen LogP contribution in [-0.2, 0) is 14.4 Å². The molecule has 1 rings (SSSR count). The molecule has 13 heavy (non-hydrogen) atoms. The topological polar surface area (TPSA) is 74.3 Å². The average Bonchev–Trinajstić information content (AvgIpc) is 1.94. The number of hydrogen-bond acceptors (Lipinski definition) is 4. The van der Waals surface area contributed by atoms with Gasteiger partial charge in [-0.1, -0.05) is 0 Å². The fourth-order valence-corrected chi connectivity index (χ4v) is 0.808. The summed E-state index contributed by atoms with van der Waals surface area (Å²) in [4.78, 5) is 29.8. The van der Waals surface area contributed by atoms with Gasteiger partial charge in [-0.15, -0.1) is 0 Å². The van der Waals surface area contributed by atoms with Gasteiger partial charge in [0.2, 0.25) is 0 Å². The molecule has 1 fully saturated rings. The Labute approximate surface area is 99.0 Å². The summed E-state index contributed by atoms with van der Waals surface area (Å²) < 4.78 is 0. The molecule has 0 aliphatic heterocycles. The third-order valence-corrected chi connectivity index (χ3v) is 1.37. The van der Waals surface area contributed by atoms with Crippen molar-refractivity contribution in [2.45, 2.75) is 32.6 Å². The molecule has 0 saturated heterocycles. The minimum absolute atomic E-state index is 0. The Balaban J connectivity index is 0. The molecular weight excluding hydrogens is 183 g/mol. The summed E-state index contributed by atoms with van der Waals surface area (Å²) in [5.74, 6) is -0.603. The maximum absolute atomic E-state index is 10.5. The summed E-state index contributed by atoms with van der Waals surface area (Å²) in [5.41, 5.74) is 0. The van der Waals surface area contributed by atoms with Crippen LogP contribution in [0, 0.1) is 0 Å². The van der Waals surface area contributed by atoms with E-state index in [-0.39, 0.29) is 41.1 Å². The molecule has 1 aliphatic rings. The zero-order valence-corrected chi connectivity index (χ0v) is 9.96. The van der Waals surface area contributed by atoms with E-state index in [1.807, 2.05) is 0 Å². The molecule has 4 nitrogen and oxygen atoms in total. The van der Waals surface area contributed by atoms with Gasteiger partial charge >= 0.3 is 29.6 Å². The Morgan fingerprint density at radius 1 is 1.08 bits per heavy atom. The number of ketones is 2. The van der Waals surface area contributed by atoms with E-state index in [4.69, 9.17) is 9.90 Å². The number of carboxylic acid groups (broad SMARTS) is 1. The van der Waals surface area contributed by atoms with Gasteiger partial charge in [0.1, 0.15) is 11.6 Å². The standard InChI is InChI=1S/C6H8O2.C2H4O2.Na/c7-5-1-2-6(8)4-3-5;1-2(3)4;/h1-4H2;1H3,(H,3,4);/q;;+1/p-1. The second-order valence-electron chi connectivity index (χ2n) is 2.57. The number of aliphatic carboxylic acids is 1. The molecule has 0 amide bonds. The molecule has 68 valence electrons. The summed E-state index contributed by atoms with van der Waals surface area (Å²) in [7, 11) is 0. The molecule has 0 bridgehead atoms. The monoisotopic (exact) mass is 194 g/mol. The predicted molar refractivity (Wildman–Crippen MR) is 39.2 cm³/mol. The Morgan fingerprint density at radius 3 is 1.38 bits per heavy atom. The predicted octanol–water partition coefficient (Wildman–Crippen LogP) is -3.54. The fraction of sp³-hybridized carbons (Fsp3) is 0.625. The average molecular weight is 194 g/mol. The van der Waals surface area contributed by atoms with E-state index in [9.17, 15) is 9.59 Å². The van der Waals surface area contributed by atoms with Crippen molar-refractivity contribution in [3.63, 3.8) is 0 Å². The van der Waals surface area contributed by atoms with Gasteiger partial charge in [0.15, 0.2) is 0 Å². The van der Waals surface area contributed by atoms with Gasteiger partial charge in [0.25, 0.3) is 0 Å². The third kappa shape index (κ3) is 11.8. The zero-order chi connectivity index (χ0) is 9.56. The first kappa shape index (κ1) is 15.3. The van der Waals surface area contributed by atoms with E-state index in [0.717, 1.165) is 6.92 Å². The smallest absolute Gasteiger partial charge is 0.550 e. The number of rotatable bonds is 0. The van der Waals surface area contributed by atoms with Crippen LogP contribution in [0.25, 0.3) is 0 Å². The van der Waals surface area contributed by atoms with Crippen LogP contribution >= 0.6 is 0 Å². The molecule has 5 heteroatoms. The number of hydrogen-bond donors (Lipinski definition) is 0. The molecule has 0 aromatic rings. The quantitative estimate of drug-likeness (QED) is 0.374. The number of carboxylic acids is 1. The number of carbonyl (C=O) groups excluding carboxylic acids is 3.